The fourth-order valence-corrected chi connectivity index (χ4v) is 0.913. The number of amides is 1. The molecule has 0 saturated carbocycles. The van der Waals surface area contributed by atoms with E-state index < -0.39 is 11.7 Å². The Balaban J connectivity index is 0.000000921. The number of rotatable bonds is 0. The summed E-state index contributed by atoms with van der Waals surface area (Å²) in [6.45, 7) is 5.45. The van der Waals surface area contributed by atoms with E-state index >= 15 is 0 Å². The standard InChI is InChI=1S/C8H5N3O2.C2H6/c1-4(2-9)6-5(3-10)7(12)8(13)11-6;1-2/h12H,1H3,(H,11,13);1-2H3/b6-4-;. The molecule has 78 valence electrons. The van der Waals surface area contributed by atoms with Gasteiger partial charge in [0.05, 0.1) is 17.3 Å². The van der Waals surface area contributed by atoms with Gasteiger partial charge in [-0.1, -0.05) is 13.8 Å². The highest BCUT2D eigenvalue weighted by Gasteiger charge is 2.28. The molecular weight excluding hydrogens is 194 g/mol. The summed E-state index contributed by atoms with van der Waals surface area (Å²) in [5.74, 6) is -1.38. The number of aliphatic hydroxyl groups excluding tert-OH is 1. The topological polar surface area (TPSA) is 96.9 Å². The monoisotopic (exact) mass is 205 g/mol. The van der Waals surface area contributed by atoms with Crippen LogP contribution in [-0.4, -0.2) is 11.0 Å². The second-order valence-electron chi connectivity index (χ2n) is 2.40. The van der Waals surface area contributed by atoms with Gasteiger partial charge in [0, 0.05) is 0 Å². The first-order chi connectivity index (χ1) is 7.11. The van der Waals surface area contributed by atoms with Crippen LogP contribution in [0.25, 0.3) is 0 Å². The van der Waals surface area contributed by atoms with E-state index in [2.05, 4.69) is 5.32 Å². The first kappa shape index (κ1) is 12.7. The second-order valence-corrected chi connectivity index (χ2v) is 2.40. The third kappa shape index (κ3) is 2.35. The Morgan fingerprint density at radius 2 is 1.93 bits per heavy atom. The number of hydrogen-bond acceptors (Lipinski definition) is 4. The number of nitriles is 2. The van der Waals surface area contributed by atoms with E-state index in [1.807, 2.05) is 13.8 Å². The van der Waals surface area contributed by atoms with Gasteiger partial charge in [0.2, 0.25) is 5.76 Å². The molecule has 0 unspecified atom stereocenters. The van der Waals surface area contributed by atoms with Crippen LogP contribution in [0, 0.1) is 22.7 Å². The number of allylic oxidation sites excluding steroid dienone is 2. The summed E-state index contributed by atoms with van der Waals surface area (Å²) < 4.78 is 0. The first-order valence-electron chi connectivity index (χ1n) is 4.37. The smallest absolute Gasteiger partial charge is 0.292 e. The average Bonchev–Trinajstić information content (AvgIpc) is 2.57. The van der Waals surface area contributed by atoms with Crippen LogP contribution in [0.5, 0.6) is 0 Å². The van der Waals surface area contributed by atoms with Gasteiger partial charge in [0.1, 0.15) is 11.6 Å². The van der Waals surface area contributed by atoms with Crippen molar-refractivity contribution < 1.29 is 9.90 Å². The Morgan fingerprint density at radius 1 is 1.40 bits per heavy atom. The fourth-order valence-electron chi connectivity index (χ4n) is 0.913. The molecule has 1 heterocycles. The van der Waals surface area contributed by atoms with Crippen molar-refractivity contribution in [3.8, 4) is 12.1 Å². The lowest BCUT2D eigenvalue weighted by Crippen LogP contribution is -2.17. The summed E-state index contributed by atoms with van der Waals surface area (Å²) in [4.78, 5) is 10.9. The van der Waals surface area contributed by atoms with Gasteiger partial charge >= 0.3 is 0 Å². The summed E-state index contributed by atoms with van der Waals surface area (Å²) in [6, 6.07) is 3.43. The lowest BCUT2D eigenvalue weighted by atomic mass is 10.1. The number of carbonyl (C=O) groups is 1. The SMILES string of the molecule is C/C(C#N)=C1/NC(=O)C(O)=C1C#N.CC. The highest BCUT2D eigenvalue weighted by atomic mass is 16.3. The first-order valence-corrected chi connectivity index (χ1v) is 4.37. The molecule has 2 N–H and O–H groups in total. The number of nitrogens with one attached hydrogen (secondary N) is 1. The maximum Gasteiger partial charge on any atom is 0.292 e. The molecule has 0 aromatic heterocycles. The Morgan fingerprint density at radius 3 is 2.33 bits per heavy atom. The van der Waals surface area contributed by atoms with Crippen LogP contribution < -0.4 is 5.32 Å². The normalized spacial score (nSPS) is 17.0. The Kier molecular flexibility index (Phi) is 4.63. The van der Waals surface area contributed by atoms with Crippen molar-refractivity contribution >= 4 is 5.91 Å². The summed E-state index contributed by atoms with van der Waals surface area (Å²) in [7, 11) is 0. The minimum atomic E-state index is -0.749. The molecule has 15 heavy (non-hydrogen) atoms. The van der Waals surface area contributed by atoms with Crippen LogP contribution in [-0.2, 0) is 4.79 Å². The third-order valence-electron chi connectivity index (χ3n) is 1.59. The number of hydrogen-bond donors (Lipinski definition) is 2. The number of aliphatic hydroxyl groups is 1. The molecule has 0 aromatic rings. The predicted octanol–water partition coefficient (Wildman–Crippen LogP) is 1.28. The van der Waals surface area contributed by atoms with Crippen molar-refractivity contribution in [3.63, 3.8) is 0 Å². The molecule has 0 saturated heterocycles. The van der Waals surface area contributed by atoms with Crippen LogP contribution in [0.3, 0.4) is 0 Å². The number of carbonyl (C=O) groups excluding carboxylic acids is 1. The van der Waals surface area contributed by atoms with Crippen LogP contribution in [0.15, 0.2) is 22.6 Å². The van der Waals surface area contributed by atoms with Gasteiger partial charge in [-0.15, -0.1) is 0 Å². The summed E-state index contributed by atoms with van der Waals surface area (Å²) >= 11 is 0. The van der Waals surface area contributed by atoms with Crippen molar-refractivity contribution in [2.24, 2.45) is 0 Å². The van der Waals surface area contributed by atoms with Gasteiger partial charge < -0.3 is 10.4 Å². The van der Waals surface area contributed by atoms with Crippen molar-refractivity contribution in [1.29, 1.82) is 10.5 Å². The molecule has 0 fully saturated rings. The van der Waals surface area contributed by atoms with Crippen LogP contribution in [0.2, 0.25) is 0 Å². The van der Waals surface area contributed by atoms with E-state index in [1.165, 1.54) is 6.92 Å². The van der Waals surface area contributed by atoms with Gasteiger partial charge in [0.15, 0.2) is 0 Å². The molecular formula is C10H11N3O2. The molecule has 0 radical (unpaired) electrons. The van der Waals surface area contributed by atoms with Crippen molar-refractivity contribution in [2.45, 2.75) is 20.8 Å². The maximum atomic E-state index is 10.9. The zero-order valence-corrected chi connectivity index (χ0v) is 8.75. The molecule has 0 bridgehead atoms. The van der Waals surface area contributed by atoms with Crippen LogP contribution in [0.1, 0.15) is 20.8 Å². The molecule has 1 amide bonds. The second kappa shape index (κ2) is 5.46. The van der Waals surface area contributed by atoms with E-state index in [0.717, 1.165) is 0 Å². The summed E-state index contributed by atoms with van der Waals surface area (Å²) in [5, 5.41) is 28.4. The van der Waals surface area contributed by atoms with Gasteiger partial charge in [-0.25, -0.2) is 0 Å². The number of nitrogens with zero attached hydrogens (tertiary/aromatic N) is 2. The average molecular weight is 205 g/mol. The minimum absolute atomic E-state index is 0.0903. The van der Waals surface area contributed by atoms with Crippen LogP contribution >= 0.6 is 0 Å². The molecule has 1 aliphatic heterocycles. The van der Waals surface area contributed by atoms with E-state index in [9.17, 15) is 4.79 Å². The van der Waals surface area contributed by atoms with Crippen LogP contribution in [0.4, 0.5) is 0 Å². The molecule has 0 aromatic carbocycles. The molecule has 1 aliphatic rings. The lowest BCUT2D eigenvalue weighted by molar-refractivity contribution is -0.118. The van der Waals surface area contributed by atoms with E-state index in [-0.39, 0.29) is 16.8 Å². The quantitative estimate of drug-likeness (QED) is 0.582. The molecule has 1 rings (SSSR count). The van der Waals surface area contributed by atoms with E-state index in [1.54, 1.807) is 12.1 Å². The Bertz CT molecular complexity index is 419. The largest absolute Gasteiger partial charge is 0.502 e. The fraction of sp³-hybridized carbons (Fsp3) is 0.300. The van der Waals surface area contributed by atoms with Gasteiger partial charge in [0.25, 0.3) is 5.91 Å². The molecule has 5 heteroatoms. The predicted molar refractivity (Wildman–Crippen MR) is 53.1 cm³/mol. The highest BCUT2D eigenvalue weighted by Crippen LogP contribution is 2.20. The van der Waals surface area contributed by atoms with Crippen molar-refractivity contribution in [2.75, 3.05) is 0 Å². The van der Waals surface area contributed by atoms with Gasteiger partial charge in [-0.2, -0.15) is 10.5 Å². The maximum absolute atomic E-state index is 10.9. The Labute approximate surface area is 87.9 Å². The third-order valence-corrected chi connectivity index (χ3v) is 1.59. The zero-order valence-electron chi connectivity index (χ0n) is 8.75. The summed E-state index contributed by atoms with van der Waals surface area (Å²) in [6.07, 6.45) is 0. The van der Waals surface area contributed by atoms with E-state index in [0.29, 0.717) is 0 Å². The molecule has 0 atom stereocenters. The Hall–Kier alpha value is -2.27. The minimum Gasteiger partial charge on any atom is -0.502 e. The molecule has 5 nitrogen and oxygen atoms in total. The highest BCUT2D eigenvalue weighted by molar-refractivity contribution is 5.99. The molecule has 0 spiro atoms. The molecule has 0 aliphatic carbocycles. The van der Waals surface area contributed by atoms with Gasteiger partial charge in [-0.05, 0) is 6.92 Å². The zero-order chi connectivity index (χ0) is 12.0. The van der Waals surface area contributed by atoms with Crippen molar-refractivity contribution in [1.82, 2.24) is 5.32 Å². The van der Waals surface area contributed by atoms with E-state index in [4.69, 9.17) is 15.6 Å². The summed E-state index contributed by atoms with van der Waals surface area (Å²) in [5.41, 5.74) is 0.102. The van der Waals surface area contributed by atoms with Crippen molar-refractivity contribution in [3.05, 3.63) is 22.6 Å². The van der Waals surface area contributed by atoms with Gasteiger partial charge in [-0.3, -0.25) is 4.79 Å². The lowest BCUT2D eigenvalue weighted by Gasteiger charge is -1.96.